The first-order valence-corrected chi connectivity index (χ1v) is 6.26. The van der Waals surface area contributed by atoms with E-state index in [9.17, 15) is 13.2 Å². The van der Waals surface area contributed by atoms with E-state index in [4.69, 9.17) is 10.5 Å². The van der Waals surface area contributed by atoms with E-state index in [1.807, 2.05) is 6.92 Å². The maximum absolute atomic E-state index is 12.8. The Balaban J connectivity index is 2.16. The Morgan fingerprint density at radius 3 is 2.41 bits per heavy atom. The molecule has 1 saturated carbocycles. The van der Waals surface area contributed by atoms with Crippen LogP contribution in [-0.4, -0.2) is 24.9 Å². The Morgan fingerprint density at radius 1 is 1.24 bits per heavy atom. The van der Waals surface area contributed by atoms with Crippen LogP contribution in [0, 0.1) is 23.7 Å². The predicted molar refractivity (Wildman–Crippen MR) is 58.3 cm³/mol. The molecule has 2 rings (SSSR count). The van der Waals surface area contributed by atoms with Gasteiger partial charge in [-0.2, -0.15) is 13.2 Å². The summed E-state index contributed by atoms with van der Waals surface area (Å²) < 4.78 is 44.1. The van der Waals surface area contributed by atoms with Gasteiger partial charge in [-0.3, -0.25) is 0 Å². The standard InChI is InChI=1S/C12H20F3NO/c1-6-7(2)17-10-4-9(12(13,14)15)3-8(5-16)11(6)10/h6-11H,3-5,16H2,1-2H3/t6-,7-,8+,9+,10+,11+/m1/s1. The molecule has 2 fully saturated rings. The molecule has 0 aromatic rings. The molecule has 1 saturated heterocycles. The molecule has 0 unspecified atom stereocenters. The molecule has 0 spiro atoms. The van der Waals surface area contributed by atoms with Gasteiger partial charge in [-0.05, 0) is 44.1 Å². The van der Waals surface area contributed by atoms with Crippen molar-refractivity contribution in [1.29, 1.82) is 0 Å². The van der Waals surface area contributed by atoms with Crippen LogP contribution in [0.4, 0.5) is 13.2 Å². The molecule has 0 bridgehead atoms. The van der Waals surface area contributed by atoms with E-state index in [1.54, 1.807) is 0 Å². The Morgan fingerprint density at radius 2 is 1.88 bits per heavy atom. The van der Waals surface area contributed by atoms with Crippen LogP contribution >= 0.6 is 0 Å². The number of halogens is 3. The van der Waals surface area contributed by atoms with Crippen molar-refractivity contribution >= 4 is 0 Å². The summed E-state index contributed by atoms with van der Waals surface area (Å²) in [6.45, 7) is 4.33. The lowest BCUT2D eigenvalue weighted by Gasteiger charge is -2.39. The molecule has 6 atom stereocenters. The van der Waals surface area contributed by atoms with Gasteiger partial charge in [-0.15, -0.1) is 0 Å². The van der Waals surface area contributed by atoms with Gasteiger partial charge < -0.3 is 10.5 Å². The Bertz CT molecular complexity index is 273. The average molecular weight is 251 g/mol. The maximum Gasteiger partial charge on any atom is 0.391 e. The Hall–Kier alpha value is -0.290. The molecule has 0 radical (unpaired) electrons. The van der Waals surface area contributed by atoms with Crippen molar-refractivity contribution in [3.63, 3.8) is 0 Å². The van der Waals surface area contributed by atoms with E-state index < -0.39 is 12.1 Å². The molecule has 0 amide bonds. The van der Waals surface area contributed by atoms with Gasteiger partial charge in [0, 0.05) is 0 Å². The molecular weight excluding hydrogens is 231 g/mol. The highest BCUT2D eigenvalue weighted by Gasteiger charge is 2.53. The summed E-state index contributed by atoms with van der Waals surface area (Å²) in [7, 11) is 0. The second-order valence-electron chi connectivity index (χ2n) is 5.52. The molecule has 100 valence electrons. The van der Waals surface area contributed by atoms with Crippen molar-refractivity contribution in [1.82, 2.24) is 0 Å². The highest BCUT2D eigenvalue weighted by molar-refractivity contribution is 4.97. The first kappa shape index (κ1) is 13.1. The molecule has 17 heavy (non-hydrogen) atoms. The van der Waals surface area contributed by atoms with Crippen LogP contribution in [-0.2, 0) is 4.74 Å². The molecule has 0 aromatic heterocycles. The van der Waals surface area contributed by atoms with Crippen molar-refractivity contribution in [3.05, 3.63) is 0 Å². The van der Waals surface area contributed by atoms with Gasteiger partial charge in [0.05, 0.1) is 18.1 Å². The lowest BCUT2D eigenvalue weighted by molar-refractivity contribution is -0.199. The summed E-state index contributed by atoms with van der Waals surface area (Å²) in [6.07, 6.45) is -4.04. The van der Waals surface area contributed by atoms with Gasteiger partial charge in [0.2, 0.25) is 0 Å². The van der Waals surface area contributed by atoms with Crippen LogP contribution in [0.25, 0.3) is 0 Å². The van der Waals surface area contributed by atoms with Crippen LogP contribution in [0.2, 0.25) is 0 Å². The van der Waals surface area contributed by atoms with E-state index in [0.29, 0.717) is 12.5 Å². The van der Waals surface area contributed by atoms with Crippen LogP contribution in [0.5, 0.6) is 0 Å². The van der Waals surface area contributed by atoms with E-state index in [0.717, 1.165) is 0 Å². The normalized spacial score (nSPS) is 46.9. The van der Waals surface area contributed by atoms with Crippen molar-refractivity contribution in [2.45, 2.75) is 45.1 Å². The largest absolute Gasteiger partial charge is 0.391 e. The van der Waals surface area contributed by atoms with Crippen LogP contribution < -0.4 is 5.73 Å². The third-order valence-corrected chi connectivity index (χ3v) is 4.58. The number of hydrogen-bond donors (Lipinski definition) is 1. The van der Waals surface area contributed by atoms with Gasteiger partial charge in [0.15, 0.2) is 0 Å². The van der Waals surface area contributed by atoms with Crippen molar-refractivity contribution < 1.29 is 17.9 Å². The first-order valence-electron chi connectivity index (χ1n) is 6.26. The van der Waals surface area contributed by atoms with Crippen LogP contribution in [0.3, 0.4) is 0 Å². The molecule has 2 aliphatic rings. The Labute approximate surface area is 99.7 Å². The summed E-state index contributed by atoms with van der Waals surface area (Å²) in [6, 6.07) is 0. The molecule has 0 aromatic carbocycles. The smallest absolute Gasteiger partial charge is 0.375 e. The first-order chi connectivity index (χ1) is 7.84. The fourth-order valence-electron chi connectivity index (χ4n) is 3.51. The maximum atomic E-state index is 12.8. The number of rotatable bonds is 1. The monoisotopic (exact) mass is 251 g/mol. The van der Waals surface area contributed by atoms with Gasteiger partial charge in [0.25, 0.3) is 0 Å². The molecular formula is C12H20F3NO. The number of alkyl halides is 3. The fraction of sp³-hybridized carbons (Fsp3) is 1.00. The predicted octanol–water partition coefficient (Wildman–Crippen LogP) is 2.57. The fourth-order valence-corrected chi connectivity index (χ4v) is 3.51. The van der Waals surface area contributed by atoms with E-state index in [-0.39, 0.29) is 36.9 Å². The van der Waals surface area contributed by atoms with Crippen molar-refractivity contribution in [2.75, 3.05) is 6.54 Å². The van der Waals surface area contributed by atoms with Gasteiger partial charge >= 0.3 is 6.18 Å². The zero-order valence-corrected chi connectivity index (χ0v) is 10.2. The molecule has 1 aliphatic carbocycles. The van der Waals surface area contributed by atoms with Gasteiger partial charge in [-0.25, -0.2) is 0 Å². The molecule has 5 heteroatoms. The summed E-state index contributed by atoms with van der Waals surface area (Å²) in [5.74, 6) is -0.786. The second-order valence-corrected chi connectivity index (χ2v) is 5.52. The summed E-state index contributed by atoms with van der Waals surface area (Å²) in [5.41, 5.74) is 5.65. The highest BCUT2D eigenvalue weighted by Crippen LogP contribution is 2.49. The van der Waals surface area contributed by atoms with Crippen molar-refractivity contribution in [3.8, 4) is 0 Å². The van der Waals surface area contributed by atoms with Crippen molar-refractivity contribution in [2.24, 2.45) is 29.4 Å². The zero-order valence-electron chi connectivity index (χ0n) is 10.2. The minimum Gasteiger partial charge on any atom is -0.375 e. The topological polar surface area (TPSA) is 35.2 Å². The van der Waals surface area contributed by atoms with E-state index in [1.165, 1.54) is 0 Å². The highest BCUT2D eigenvalue weighted by atomic mass is 19.4. The van der Waals surface area contributed by atoms with E-state index in [2.05, 4.69) is 6.92 Å². The number of fused-ring (bicyclic) bond motifs is 1. The SMILES string of the molecule is C[C@H]1[C@H]2[C@H](CN)C[C@H](C(F)(F)F)C[C@@H]2O[C@@H]1C. The van der Waals surface area contributed by atoms with Gasteiger partial charge in [0.1, 0.15) is 0 Å². The lowest BCUT2D eigenvalue weighted by Crippen LogP contribution is -2.43. The number of nitrogens with two attached hydrogens (primary N) is 1. The van der Waals surface area contributed by atoms with Crippen LogP contribution in [0.15, 0.2) is 0 Å². The Kier molecular flexibility index (Phi) is 3.42. The van der Waals surface area contributed by atoms with E-state index >= 15 is 0 Å². The second kappa shape index (κ2) is 4.43. The summed E-state index contributed by atoms with van der Waals surface area (Å²) in [5, 5.41) is 0. The minimum atomic E-state index is -4.11. The number of ether oxygens (including phenoxy) is 1. The molecule has 1 heterocycles. The average Bonchev–Trinajstić information content (AvgIpc) is 2.52. The molecule has 1 aliphatic heterocycles. The third-order valence-electron chi connectivity index (χ3n) is 4.58. The molecule has 2 nitrogen and oxygen atoms in total. The number of hydrogen-bond acceptors (Lipinski definition) is 2. The third kappa shape index (κ3) is 2.32. The van der Waals surface area contributed by atoms with Gasteiger partial charge in [-0.1, -0.05) is 6.92 Å². The summed E-state index contributed by atoms with van der Waals surface area (Å²) >= 11 is 0. The quantitative estimate of drug-likeness (QED) is 0.777. The summed E-state index contributed by atoms with van der Waals surface area (Å²) in [4.78, 5) is 0. The zero-order chi connectivity index (χ0) is 12.8. The molecule has 2 N–H and O–H groups in total. The van der Waals surface area contributed by atoms with Crippen LogP contribution in [0.1, 0.15) is 26.7 Å². The lowest BCUT2D eigenvalue weighted by atomic mass is 9.68. The minimum absolute atomic E-state index is 0.0473.